The zero-order valence-corrected chi connectivity index (χ0v) is 16.1. The number of halogens is 3. The molecule has 2 aliphatic heterocycles. The molecule has 9 nitrogen and oxygen atoms in total. The number of nitrogens with one attached hydrogen (secondary N) is 1. The van der Waals surface area contributed by atoms with E-state index in [9.17, 15) is 26.4 Å². The number of ether oxygens (including phenoxy) is 1. The van der Waals surface area contributed by atoms with Gasteiger partial charge in [-0.2, -0.15) is 17.5 Å². The van der Waals surface area contributed by atoms with Crippen LogP contribution in [0.3, 0.4) is 0 Å². The van der Waals surface area contributed by atoms with Crippen LogP contribution in [0.25, 0.3) is 0 Å². The minimum atomic E-state index is -5.08. The van der Waals surface area contributed by atoms with Gasteiger partial charge in [-0.15, -0.1) is 0 Å². The maximum absolute atomic E-state index is 12.5. The zero-order chi connectivity index (χ0) is 21.8. The van der Waals surface area contributed by atoms with Crippen molar-refractivity contribution in [3.05, 3.63) is 24.5 Å². The molecule has 2 aliphatic rings. The topological polar surface area (TPSA) is 126 Å². The van der Waals surface area contributed by atoms with Crippen molar-refractivity contribution in [1.29, 1.82) is 0 Å². The second-order valence-corrected chi connectivity index (χ2v) is 8.42. The number of fused-ring (bicyclic) bond motifs is 1. The SMILES string of the molecule is CNC(=O)C[C@@H]1C[C@H]2CN(S(=O)(=O)c3cccnc3)C[C@H]2O1.O=C(O)C(F)(F)F. The molecule has 3 rings (SSSR count). The van der Waals surface area contributed by atoms with Crippen LogP contribution in [0.4, 0.5) is 13.2 Å². The van der Waals surface area contributed by atoms with E-state index in [0.29, 0.717) is 19.5 Å². The molecule has 2 saturated heterocycles. The highest BCUT2D eigenvalue weighted by Gasteiger charge is 2.46. The molecule has 13 heteroatoms. The van der Waals surface area contributed by atoms with Gasteiger partial charge in [-0.1, -0.05) is 0 Å². The number of carbonyl (C=O) groups is 2. The molecule has 1 amide bonds. The van der Waals surface area contributed by atoms with Crippen LogP contribution in [-0.2, 0) is 24.3 Å². The summed E-state index contributed by atoms with van der Waals surface area (Å²) in [5, 5.41) is 9.70. The number of carboxylic acid groups (broad SMARTS) is 1. The van der Waals surface area contributed by atoms with E-state index in [0.717, 1.165) is 6.42 Å². The summed E-state index contributed by atoms with van der Waals surface area (Å²) in [6, 6.07) is 3.16. The Kier molecular flexibility index (Phi) is 7.19. The number of nitrogens with zero attached hydrogens (tertiary/aromatic N) is 2. The smallest absolute Gasteiger partial charge is 0.475 e. The Balaban J connectivity index is 0.000000370. The van der Waals surface area contributed by atoms with Crippen LogP contribution < -0.4 is 5.32 Å². The van der Waals surface area contributed by atoms with Crippen LogP contribution in [0.1, 0.15) is 12.8 Å². The van der Waals surface area contributed by atoms with Gasteiger partial charge in [-0.3, -0.25) is 9.78 Å². The molecule has 0 spiro atoms. The van der Waals surface area contributed by atoms with E-state index < -0.39 is 22.2 Å². The van der Waals surface area contributed by atoms with Crippen molar-refractivity contribution in [1.82, 2.24) is 14.6 Å². The van der Waals surface area contributed by atoms with E-state index in [-0.39, 0.29) is 28.9 Å². The Labute approximate surface area is 164 Å². The first-order valence-electron chi connectivity index (χ1n) is 8.51. The van der Waals surface area contributed by atoms with Gasteiger partial charge in [0.1, 0.15) is 4.90 Å². The number of aliphatic carboxylic acids is 1. The largest absolute Gasteiger partial charge is 0.490 e. The molecule has 0 aliphatic carbocycles. The van der Waals surface area contributed by atoms with Gasteiger partial charge < -0.3 is 15.2 Å². The van der Waals surface area contributed by atoms with E-state index in [1.165, 1.54) is 10.5 Å². The van der Waals surface area contributed by atoms with Crippen LogP contribution in [0.5, 0.6) is 0 Å². The molecule has 0 radical (unpaired) electrons. The predicted octanol–water partition coefficient (Wildman–Crippen LogP) is 0.629. The minimum Gasteiger partial charge on any atom is -0.475 e. The molecule has 3 atom stereocenters. The average Bonchev–Trinajstić information content (AvgIpc) is 3.21. The quantitative estimate of drug-likeness (QED) is 0.705. The lowest BCUT2D eigenvalue weighted by molar-refractivity contribution is -0.192. The fraction of sp³-hybridized carbons (Fsp3) is 0.562. The van der Waals surface area contributed by atoms with E-state index >= 15 is 0 Å². The molecule has 0 bridgehead atoms. The number of carboxylic acids is 1. The van der Waals surface area contributed by atoms with Crippen LogP contribution in [0.2, 0.25) is 0 Å². The van der Waals surface area contributed by atoms with Gasteiger partial charge in [-0.25, -0.2) is 13.2 Å². The number of sulfonamides is 1. The molecule has 3 heterocycles. The van der Waals surface area contributed by atoms with Crippen molar-refractivity contribution in [3.63, 3.8) is 0 Å². The highest BCUT2D eigenvalue weighted by Crippen LogP contribution is 2.36. The Bertz CT molecular complexity index is 820. The summed E-state index contributed by atoms with van der Waals surface area (Å²) in [4.78, 5) is 24.4. The molecule has 2 fully saturated rings. The summed E-state index contributed by atoms with van der Waals surface area (Å²) in [5.74, 6) is -2.65. The van der Waals surface area contributed by atoms with Gasteiger partial charge >= 0.3 is 12.1 Å². The molecule has 162 valence electrons. The highest BCUT2D eigenvalue weighted by atomic mass is 32.2. The molecular weight excluding hydrogens is 419 g/mol. The van der Waals surface area contributed by atoms with E-state index in [1.54, 1.807) is 25.4 Å². The molecule has 1 aromatic heterocycles. The van der Waals surface area contributed by atoms with Gasteiger partial charge in [0.25, 0.3) is 0 Å². The first-order valence-corrected chi connectivity index (χ1v) is 9.95. The Hall–Kier alpha value is -2.25. The van der Waals surface area contributed by atoms with Gasteiger partial charge in [0, 0.05) is 38.4 Å². The third-order valence-electron chi connectivity index (χ3n) is 4.49. The van der Waals surface area contributed by atoms with Gasteiger partial charge in [0.2, 0.25) is 15.9 Å². The van der Waals surface area contributed by atoms with Crippen LogP contribution in [-0.4, -0.2) is 73.2 Å². The van der Waals surface area contributed by atoms with E-state index in [2.05, 4.69) is 10.3 Å². The van der Waals surface area contributed by atoms with E-state index in [4.69, 9.17) is 14.6 Å². The third-order valence-corrected chi connectivity index (χ3v) is 6.30. The van der Waals surface area contributed by atoms with Gasteiger partial charge in [0.15, 0.2) is 0 Å². The summed E-state index contributed by atoms with van der Waals surface area (Å²) in [7, 11) is -1.92. The normalized spacial score (nSPS) is 24.3. The lowest BCUT2D eigenvalue weighted by Crippen LogP contribution is -2.32. The number of aromatic nitrogens is 1. The first kappa shape index (κ1) is 23.0. The number of pyridine rings is 1. The molecule has 0 unspecified atom stereocenters. The lowest BCUT2D eigenvalue weighted by atomic mass is 10.0. The Morgan fingerprint density at radius 3 is 2.52 bits per heavy atom. The number of rotatable bonds is 4. The maximum atomic E-state index is 12.5. The van der Waals surface area contributed by atoms with Gasteiger partial charge in [0.05, 0.1) is 18.6 Å². The first-order chi connectivity index (χ1) is 13.4. The van der Waals surface area contributed by atoms with Crippen molar-refractivity contribution >= 4 is 21.9 Å². The van der Waals surface area contributed by atoms with Crippen molar-refractivity contribution in [2.45, 2.75) is 36.1 Å². The molecule has 1 aromatic rings. The second-order valence-electron chi connectivity index (χ2n) is 6.48. The van der Waals surface area contributed by atoms with Crippen molar-refractivity contribution < 1.29 is 41.0 Å². The standard InChI is InChI=1S/C14H19N3O4S.C2HF3O2/c1-15-14(18)6-11-5-10-8-17(9-13(10)21-11)22(19,20)12-3-2-4-16-7-12;3-2(4,5)1(6)7/h2-4,7,10-11,13H,5-6,8-9H2,1H3,(H,15,18);(H,6,7)/t10-,11-,13+;/m0./s1. The summed E-state index contributed by atoms with van der Waals surface area (Å²) < 4.78 is 64.1. The highest BCUT2D eigenvalue weighted by molar-refractivity contribution is 7.89. The number of amides is 1. The number of alkyl halides is 3. The Morgan fingerprint density at radius 2 is 2.03 bits per heavy atom. The summed E-state index contributed by atoms with van der Waals surface area (Å²) in [6.45, 7) is 0.776. The van der Waals surface area contributed by atoms with Gasteiger partial charge in [-0.05, 0) is 18.6 Å². The van der Waals surface area contributed by atoms with Crippen LogP contribution >= 0.6 is 0 Å². The summed E-state index contributed by atoms with van der Waals surface area (Å²) in [6.07, 6.45) is -1.36. The number of hydrogen-bond acceptors (Lipinski definition) is 6. The third kappa shape index (κ3) is 5.87. The molecule has 2 N–H and O–H groups in total. The minimum absolute atomic E-state index is 0.0511. The predicted molar refractivity (Wildman–Crippen MR) is 92.1 cm³/mol. The maximum Gasteiger partial charge on any atom is 0.490 e. The van der Waals surface area contributed by atoms with Crippen molar-refractivity contribution in [3.8, 4) is 0 Å². The summed E-state index contributed by atoms with van der Waals surface area (Å²) >= 11 is 0. The average molecular weight is 439 g/mol. The lowest BCUT2D eigenvalue weighted by Gasteiger charge is -2.18. The fourth-order valence-electron chi connectivity index (χ4n) is 3.11. The molecule has 29 heavy (non-hydrogen) atoms. The molecule has 0 saturated carbocycles. The molecule has 0 aromatic carbocycles. The van der Waals surface area contributed by atoms with Crippen LogP contribution in [0, 0.1) is 5.92 Å². The number of carbonyl (C=O) groups excluding carboxylic acids is 1. The Morgan fingerprint density at radius 1 is 1.38 bits per heavy atom. The number of hydrogen-bond donors (Lipinski definition) is 2. The fourth-order valence-corrected chi connectivity index (χ4v) is 4.58. The van der Waals surface area contributed by atoms with Crippen molar-refractivity contribution in [2.75, 3.05) is 20.1 Å². The second kappa shape index (κ2) is 9.05. The summed E-state index contributed by atoms with van der Waals surface area (Å²) in [5.41, 5.74) is 0. The zero-order valence-electron chi connectivity index (χ0n) is 15.3. The molecular formula is C16H20F3N3O6S. The van der Waals surface area contributed by atoms with Crippen molar-refractivity contribution in [2.24, 2.45) is 5.92 Å². The van der Waals surface area contributed by atoms with Crippen LogP contribution in [0.15, 0.2) is 29.4 Å². The van der Waals surface area contributed by atoms with E-state index in [1.807, 2.05) is 0 Å². The monoisotopic (exact) mass is 439 g/mol.